The van der Waals surface area contributed by atoms with Crippen molar-refractivity contribution in [2.45, 2.75) is 31.1 Å². The van der Waals surface area contributed by atoms with Gasteiger partial charge in [-0.15, -0.1) is 0 Å². The van der Waals surface area contributed by atoms with Crippen LogP contribution in [0.15, 0.2) is 41.3 Å². The second-order valence-corrected chi connectivity index (χ2v) is 6.94. The second kappa shape index (κ2) is 6.86. The topological polar surface area (TPSA) is 80.4 Å². The molecule has 1 aromatic heterocycles. The number of aromatic nitrogens is 1. The highest BCUT2D eigenvalue weighted by atomic mass is 16.6. The van der Waals surface area contributed by atoms with Gasteiger partial charge in [0, 0.05) is 18.2 Å². The number of rotatable bonds is 4. The van der Waals surface area contributed by atoms with E-state index in [1.807, 2.05) is 12.1 Å². The van der Waals surface area contributed by atoms with Crippen LogP contribution in [0.25, 0.3) is 0 Å². The van der Waals surface area contributed by atoms with E-state index in [1.165, 1.54) is 6.20 Å². The first-order valence-electron chi connectivity index (χ1n) is 9.04. The zero-order valence-corrected chi connectivity index (χ0v) is 14.5. The van der Waals surface area contributed by atoms with E-state index in [0.717, 1.165) is 42.7 Å². The number of nitrogens with one attached hydrogen (secondary N) is 2. The standard InChI is InChI=1S/C20H22N2O4/c23-18-15(4-3-9-21-18)19(24)22-13-20(7-1-2-8-20)14-5-6-16-17(12-14)26-11-10-25-16/h3-6,9,12H,1-2,7-8,10-11,13H2,(H,21,23)(H,22,24). The average Bonchev–Trinajstić information content (AvgIpc) is 3.16. The van der Waals surface area contributed by atoms with E-state index in [4.69, 9.17) is 9.47 Å². The Hall–Kier alpha value is -2.76. The van der Waals surface area contributed by atoms with Crippen molar-refractivity contribution in [2.24, 2.45) is 0 Å². The van der Waals surface area contributed by atoms with Crippen molar-refractivity contribution in [2.75, 3.05) is 19.8 Å². The molecule has 4 rings (SSSR count). The molecule has 0 atom stereocenters. The Labute approximate surface area is 151 Å². The molecule has 2 aromatic rings. The fraction of sp³-hybridized carbons (Fsp3) is 0.400. The SMILES string of the molecule is O=C(NCC1(c2ccc3c(c2)OCCO3)CCCC1)c1ccc[nH]c1=O. The van der Waals surface area contributed by atoms with Gasteiger partial charge in [-0.2, -0.15) is 0 Å². The quantitative estimate of drug-likeness (QED) is 0.883. The summed E-state index contributed by atoms with van der Waals surface area (Å²) in [5.74, 6) is 1.20. The van der Waals surface area contributed by atoms with E-state index in [0.29, 0.717) is 19.8 Å². The maximum absolute atomic E-state index is 12.5. The van der Waals surface area contributed by atoms with Gasteiger partial charge in [-0.3, -0.25) is 9.59 Å². The van der Waals surface area contributed by atoms with E-state index in [1.54, 1.807) is 12.1 Å². The lowest BCUT2D eigenvalue weighted by Gasteiger charge is -2.31. The third-order valence-corrected chi connectivity index (χ3v) is 5.37. The van der Waals surface area contributed by atoms with Crippen LogP contribution >= 0.6 is 0 Å². The van der Waals surface area contributed by atoms with Gasteiger partial charge in [-0.05, 0) is 42.7 Å². The van der Waals surface area contributed by atoms with Crippen molar-refractivity contribution in [3.8, 4) is 11.5 Å². The molecule has 0 bridgehead atoms. The van der Waals surface area contributed by atoms with E-state index in [-0.39, 0.29) is 22.4 Å². The molecule has 0 saturated heterocycles. The van der Waals surface area contributed by atoms with E-state index in [9.17, 15) is 9.59 Å². The number of ether oxygens (including phenoxy) is 2. The number of pyridine rings is 1. The summed E-state index contributed by atoms with van der Waals surface area (Å²) in [6, 6.07) is 9.26. The van der Waals surface area contributed by atoms with Gasteiger partial charge in [0.05, 0.1) is 0 Å². The van der Waals surface area contributed by atoms with Crippen LogP contribution in [0.4, 0.5) is 0 Å². The molecule has 0 radical (unpaired) electrons. The smallest absolute Gasteiger partial charge is 0.260 e. The Kier molecular flexibility index (Phi) is 4.41. The number of benzene rings is 1. The minimum atomic E-state index is -0.371. The third kappa shape index (κ3) is 3.07. The van der Waals surface area contributed by atoms with Crippen LogP contribution in [-0.2, 0) is 5.41 Å². The molecule has 1 saturated carbocycles. The molecular weight excluding hydrogens is 332 g/mol. The molecule has 0 spiro atoms. The Bertz CT molecular complexity index is 868. The lowest BCUT2D eigenvalue weighted by atomic mass is 9.78. The van der Waals surface area contributed by atoms with Gasteiger partial charge in [0.15, 0.2) is 11.5 Å². The van der Waals surface area contributed by atoms with Gasteiger partial charge in [-0.1, -0.05) is 18.9 Å². The van der Waals surface area contributed by atoms with Crippen LogP contribution in [0, 0.1) is 0 Å². The Morgan fingerprint density at radius 2 is 1.88 bits per heavy atom. The molecule has 6 heteroatoms. The highest BCUT2D eigenvalue weighted by Crippen LogP contribution is 2.43. The molecule has 2 heterocycles. The number of amides is 1. The van der Waals surface area contributed by atoms with Crippen molar-refractivity contribution in [3.63, 3.8) is 0 Å². The number of H-pyrrole nitrogens is 1. The maximum Gasteiger partial charge on any atom is 0.260 e. The summed E-state index contributed by atoms with van der Waals surface area (Å²) in [6.45, 7) is 1.62. The molecule has 1 aliphatic heterocycles. The Morgan fingerprint density at radius 3 is 2.65 bits per heavy atom. The molecule has 1 fully saturated rings. The first-order chi connectivity index (χ1) is 12.7. The Balaban J connectivity index is 1.56. The van der Waals surface area contributed by atoms with Gasteiger partial charge < -0.3 is 19.8 Å². The van der Waals surface area contributed by atoms with Crippen molar-refractivity contribution < 1.29 is 14.3 Å². The zero-order valence-electron chi connectivity index (χ0n) is 14.5. The first kappa shape index (κ1) is 16.7. The van der Waals surface area contributed by atoms with E-state index < -0.39 is 0 Å². The predicted octanol–water partition coefficient (Wildman–Crippen LogP) is 2.39. The number of fused-ring (bicyclic) bond motifs is 1. The molecule has 136 valence electrons. The highest BCUT2D eigenvalue weighted by molar-refractivity contribution is 5.93. The summed E-state index contributed by atoms with van der Waals surface area (Å²) < 4.78 is 11.3. The summed E-state index contributed by atoms with van der Waals surface area (Å²) in [5.41, 5.74) is 0.793. The van der Waals surface area contributed by atoms with Crippen LogP contribution in [0.1, 0.15) is 41.6 Å². The summed E-state index contributed by atoms with van der Waals surface area (Å²) >= 11 is 0. The molecule has 0 unspecified atom stereocenters. The summed E-state index contributed by atoms with van der Waals surface area (Å²) in [5, 5.41) is 2.97. The van der Waals surface area contributed by atoms with Gasteiger partial charge in [0.1, 0.15) is 18.8 Å². The van der Waals surface area contributed by atoms with Crippen LogP contribution in [-0.4, -0.2) is 30.6 Å². The van der Waals surface area contributed by atoms with Crippen LogP contribution in [0.3, 0.4) is 0 Å². The van der Waals surface area contributed by atoms with E-state index >= 15 is 0 Å². The van der Waals surface area contributed by atoms with Crippen LogP contribution < -0.4 is 20.3 Å². The highest BCUT2D eigenvalue weighted by Gasteiger charge is 2.37. The Morgan fingerprint density at radius 1 is 1.12 bits per heavy atom. The third-order valence-electron chi connectivity index (χ3n) is 5.37. The minimum absolute atomic E-state index is 0.132. The first-order valence-corrected chi connectivity index (χ1v) is 9.04. The maximum atomic E-state index is 12.5. The second-order valence-electron chi connectivity index (χ2n) is 6.94. The molecular formula is C20H22N2O4. The molecule has 2 N–H and O–H groups in total. The molecule has 1 aromatic carbocycles. The molecule has 26 heavy (non-hydrogen) atoms. The molecule has 6 nitrogen and oxygen atoms in total. The minimum Gasteiger partial charge on any atom is -0.486 e. The summed E-state index contributed by atoms with van der Waals surface area (Å²) in [6.07, 6.45) is 5.76. The van der Waals surface area contributed by atoms with Crippen molar-refractivity contribution >= 4 is 5.91 Å². The van der Waals surface area contributed by atoms with Crippen LogP contribution in [0.2, 0.25) is 0 Å². The van der Waals surface area contributed by atoms with E-state index in [2.05, 4.69) is 16.4 Å². The van der Waals surface area contributed by atoms with Crippen molar-refractivity contribution in [3.05, 3.63) is 58.0 Å². The van der Waals surface area contributed by atoms with Gasteiger partial charge >= 0.3 is 0 Å². The number of aromatic amines is 1. The average molecular weight is 354 g/mol. The molecule has 2 aliphatic rings. The lowest BCUT2D eigenvalue weighted by molar-refractivity contribution is 0.0941. The monoisotopic (exact) mass is 354 g/mol. The van der Waals surface area contributed by atoms with Gasteiger partial charge in [-0.25, -0.2) is 0 Å². The fourth-order valence-corrected chi connectivity index (χ4v) is 3.94. The van der Waals surface area contributed by atoms with Crippen molar-refractivity contribution in [1.29, 1.82) is 0 Å². The fourth-order valence-electron chi connectivity index (χ4n) is 3.94. The van der Waals surface area contributed by atoms with Crippen LogP contribution in [0.5, 0.6) is 11.5 Å². The van der Waals surface area contributed by atoms with Gasteiger partial charge in [0.25, 0.3) is 11.5 Å². The largest absolute Gasteiger partial charge is 0.486 e. The van der Waals surface area contributed by atoms with Crippen molar-refractivity contribution in [1.82, 2.24) is 10.3 Å². The number of hydrogen-bond donors (Lipinski definition) is 2. The number of carbonyl (C=O) groups is 1. The summed E-state index contributed by atoms with van der Waals surface area (Å²) in [7, 11) is 0. The lowest BCUT2D eigenvalue weighted by Crippen LogP contribution is -2.40. The summed E-state index contributed by atoms with van der Waals surface area (Å²) in [4.78, 5) is 26.8. The normalized spacial score (nSPS) is 17.7. The molecule has 1 aliphatic carbocycles. The predicted molar refractivity (Wildman–Crippen MR) is 97.0 cm³/mol. The molecule has 1 amide bonds. The zero-order chi connectivity index (χ0) is 18.0. The van der Waals surface area contributed by atoms with Gasteiger partial charge in [0.2, 0.25) is 0 Å². The number of hydrogen-bond acceptors (Lipinski definition) is 4. The number of carbonyl (C=O) groups excluding carboxylic acids is 1.